The van der Waals surface area contributed by atoms with Gasteiger partial charge in [0.2, 0.25) is 0 Å². The number of rotatable bonds is 3. The Kier molecular flexibility index (Phi) is 12.2. The van der Waals surface area contributed by atoms with Crippen molar-refractivity contribution in [3.63, 3.8) is 0 Å². The fourth-order valence-electron chi connectivity index (χ4n) is 1.97. The third kappa shape index (κ3) is 11.6. The Morgan fingerprint density at radius 3 is 2.00 bits per heavy atom. The molecular weight excluding hydrogens is 215 g/mol. The van der Waals surface area contributed by atoms with E-state index in [1.54, 1.807) is 26.2 Å². The fourth-order valence-corrected chi connectivity index (χ4v) is 2.61. The Morgan fingerprint density at radius 1 is 1.07 bits per heavy atom. The van der Waals surface area contributed by atoms with Crippen molar-refractivity contribution in [2.24, 2.45) is 5.92 Å². The van der Waals surface area contributed by atoms with Crippen LogP contribution in [-0.4, -0.2) is 56.5 Å². The summed E-state index contributed by atoms with van der Waals surface area (Å²) in [7, 11) is -3.67. The molecule has 0 heterocycles. The van der Waals surface area contributed by atoms with Crippen LogP contribution in [0, 0.1) is 5.92 Å². The van der Waals surface area contributed by atoms with Crippen molar-refractivity contribution in [3.8, 4) is 0 Å². The van der Waals surface area contributed by atoms with E-state index in [9.17, 15) is 12.9 Å². The Balaban J connectivity index is 0.000000364. The Hall–Kier alpha value is 1.49. The van der Waals surface area contributed by atoms with Gasteiger partial charge >= 0.3 is 108 Å². The van der Waals surface area contributed by atoms with Crippen LogP contribution in [0.2, 0.25) is 0.515 Å². The predicted molar refractivity (Wildman–Crippen MR) is 55.4 cm³/mol. The first-order valence-corrected chi connectivity index (χ1v) is 7.79. The average molecular weight is 232 g/mol. The normalized spacial score (nSPS) is 17.2. The molecule has 78 valence electrons. The van der Waals surface area contributed by atoms with Crippen molar-refractivity contribution in [1.82, 2.24) is 0 Å². The molecule has 1 saturated carbocycles. The molecule has 0 nitrogen and oxygen atoms in total. The third-order valence-electron chi connectivity index (χ3n) is 2.69. The van der Waals surface area contributed by atoms with Crippen molar-refractivity contribution < 1.29 is 12.9 Å². The predicted octanol–water partition coefficient (Wildman–Crippen LogP) is 3.81. The first kappa shape index (κ1) is 15.5. The monoisotopic (exact) mass is 232 g/mol. The molecule has 0 radical (unpaired) electrons. The van der Waals surface area contributed by atoms with Crippen LogP contribution in [0.15, 0.2) is 0 Å². The van der Waals surface area contributed by atoms with Gasteiger partial charge in [0, 0.05) is 0 Å². The summed E-state index contributed by atoms with van der Waals surface area (Å²) in [5.41, 5.74) is 0. The number of hydrogen-bond donors (Lipinski definition) is 0. The second-order valence-corrected chi connectivity index (χ2v) is 5.46. The van der Waals surface area contributed by atoms with Gasteiger partial charge in [-0.3, -0.25) is 12.9 Å². The van der Waals surface area contributed by atoms with Crippen LogP contribution in [0.1, 0.15) is 44.9 Å². The minimum atomic E-state index is -3.67. The van der Waals surface area contributed by atoms with Crippen molar-refractivity contribution in [2.75, 3.05) is 0 Å². The topological polar surface area (TPSA) is 0 Å². The van der Waals surface area contributed by atoms with Crippen LogP contribution in [-0.2, 0) is 0 Å². The molecule has 0 aromatic rings. The summed E-state index contributed by atoms with van der Waals surface area (Å²) in [5.74, 6) is 1.14. The van der Waals surface area contributed by atoms with E-state index in [1.165, 1.54) is 19.3 Å². The van der Waals surface area contributed by atoms with E-state index < -0.39 is 7.54 Å². The van der Waals surface area contributed by atoms with E-state index in [1.807, 2.05) is 0 Å². The Labute approximate surface area is 119 Å². The van der Waals surface area contributed by atoms with Gasteiger partial charge in [0.15, 0.2) is 0 Å². The van der Waals surface area contributed by atoms with E-state index in [2.05, 4.69) is 0 Å². The molecule has 0 bridgehead atoms. The molecular formula is C9H17BF3K. The SMILES string of the molecule is FB(F)F.[K][CH2]CCC1CCCCC1. The van der Waals surface area contributed by atoms with Gasteiger partial charge in [-0.25, -0.2) is 0 Å². The van der Waals surface area contributed by atoms with Crippen LogP contribution in [0.4, 0.5) is 12.9 Å². The first-order valence-electron chi connectivity index (χ1n) is 5.59. The Morgan fingerprint density at radius 2 is 1.57 bits per heavy atom. The second-order valence-electron chi connectivity index (χ2n) is 3.89. The van der Waals surface area contributed by atoms with Gasteiger partial charge < -0.3 is 0 Å². The molecule has 0 atom stereocenters. The van der Waals surface area contributed by atoms with Crippen LogP contribution in [0.3, 0.4) is 0 Å². The van der Waals surface area contributed by atoms with Crippen LogP contribution in [0.5, 0.6) is 0 Å². The number of halogens is 3. The van der Waals surface area contributed by atoms with Gasteiger partial charge in [-0.05, 0) is 0 Å². The molecule has 0 saturated heterocycles. The molecule has 1 aliphatic carbocycles. The Bertz CT molecular complexity index is 116. The quantitative estimate of drug-likeness (QED) is 0.649. The van der Waals surface area contributed by atoms with Crippen molar-refractivity contribution in [1.29, 1.82) is 0 Å². The zero-order valence-corrected chi connectivity index (χ0v) is 12.1. The van der Waals surface area contributed by atoms with Crippen molar-refractivity contribution >= 4 is 56.5 Å². The van der Waals surface area contributed by atoms with Gasteiger partial charge in [0.05, 0.1) is 0 Å². The zero-order valence-electron chi connectivity index (χ0n) is 8.95. The van der Waals surface area contributed by atoms with Crippen molar-refractivity contribution in [2.45, 2.75) is 45.5 Å². The van der Waals surface area contributed by atoms with E-state index in [0.717, 1.165) is 54.9 Å². The summed E-state index contributed by atoms with van der Waals surface area (Å²) in [4.78, 5) is 0. The molecule has 0 amide bonds. The molecule has 1 rings (SSSR count). The van der Waals surface area contributed by atoms with Gasteiger partial charge in [0.25, 0.3) is 0 Å². The maximum absolute atomic E-state index is 9.67. The van der Waals surface area contributed by atoms with Gasteiger partial charge in [-0.15, -0.1) is 0 Å². The van der Waals surface area contributed by atoms with E-state index in [0.29, 0.717) is 0 Å². The standard InChI is InChI=1S/C9H17.BF3.K/c1-2-6-9-7-4-3-5-8-9;2-1(3)4;/h9H,1-8H2;;. The molecule has 0 unspecified atom stereocenters. The molecule has 0 aromatic carbocycles. The zero-order chi connectivity index (χ0) is 10.8. The molecule has 0 aliphatic heterocycles. The third-order valence-corrected chi connectivity index (χ3v) is 3.79. The van der Waals surface area contributed by atoms with Gasteiger partial charge in [-0.2, -0.15) is 0 Å². The maximum atomic E-state index is 9.67. The van der Waals surface area contributed by atoms with E-state index >= 15 is 0 Å². The summed E-state index contributed by atoms with van der Waals surface area (Å²) in [6, 6.07) is 0. The van der Waals surface area contributed by atoms with E-state index in [-0.39, 0.29) is 0 Å². The summed E-state index contributed by atoms with van der Waals surface area (Å²) in [6.07, 6.45) is 10.8. The number of hydrogen-bond acceptors (Lipinski definition) is 0. The molecule has 1 fully saturated rings. The summed E-state index contributed by atoms with van der Waals surface area (Å²) in [6.45, 7) is 0. The summed E-state index contributed by atoms with van der Waals surface area (Å²) < 4.78 is 30.6. The minimum absolute atomic E-state index is 1.11. The molecule has 5 heteroatoms. The average Bonchev–Trinajstić information content (AvgIpc) is 2.15. The van der Waals surface area contributed by atoms with Crippen LogP contribution < -0.4 is 0 Å². The molecule has 0 spiro atoms. The summed E-state index contributed by atoms with van der Waals surface area (Å²) >= 11 is 1.11. The van der Waals surface area contributed by atoms with E-state index in [4.69, 9.17) is 0 Å². The summed E-state index contributed by atoms with van der Waals surface area (Å²) in [5, 5.41) is 0. The second kappa shape index (κ2) is 11.0. The molecule has 0 N–H and O–H groups in total. The molecule has 0 aromatic heterocycles. The fraction of sp³-hybridized carbons (Fsp3) is 1.00. The molecule has 1 aliphatic rings. The van der Waals surface area contributed by atoms with Gasteiger partial charge in [-0.1, -0.05) is 0 Å². The van der Waals surface area contributed by atoms with Crippen LogP contribution >= 0.6 is 0 Å². The molecule has 14 heavy (non-hydrogen) atoms. The first-order chi connectivity index (χ1) is 6.66. The van der Waals surface area contributed by atoms with Gasteiger partial charge in [0.1, 0.15) is 0 Å². The van der Waals surface area contributed by atoms with Crippen LogP contribution in [0.25, 0.3) is 0 Å². The van der Waals surface area contributed by atoms with Crippen molar-refractivity contribution in [3.05, 3.63) is 0 Å².